The number of hydrogen-bond acceptors (Lipinski definition) is 4. The molecule has 156 valence electrons. The lowest BCUT2D eigenvalue weighted by Gasteiger charge is -2.24. The van der Waals surface area contributed by atoms with Crippen LogP contribution >= 0.6 is 0 Å². The summed E-state index contributed by atoms with van der Waals surface area (Å²) in [5.74, 6) is 2.72. The number of nitrogens with one attached hydrogen (secondary N) is 2. The van der Waals surface area contributed by atoms with Crippen LogP contribution in [0.25, 0.3) is 5.82 Å². The number of likely N-dealkylation sites (tertiary alicyclic amines) is 1. The zero-order chi connectivity index (χ0) is 20.1. The Hall–Kier alpha value is -2.41. The Morgan fingerprint density at radius 1 is 1.21 bits per heavy atom. The Morgan fingerprint density at radius 2 is 2.07 bits per heavy atom. The highest BCUT2D eigenvalue weighted by atomic mass is 15.3. The number of aryl methyl sites for hydroxylation is 1. The zero-order valence-corrected chi connectivity index (χ0v) is 17.6. The number of pyridine rings is 1. The van der Waals surface area contributed by atoms with Gasteiger partial charge in [-0.15, -0.1) is 0 Å². The first-order valence-electron chi connectivity index (χ1n) is 11.0. The summed E-state index contributed by atoms with van der Waals surface area (Å²) in [5, 5.41) is 7.04. The second-order valence-electron chi connectivity index (χ2n) is 8.13. The van der Waals surface area contributed by atoms with Crippen molar-refractivity contribution in [3.63, 3.8) is 0 Å². The molecule has 0 aromatic carbocycles. The van der Waals surface area contributed by atoms with Crippen molar-refractivity contribution in [1.82, 2.24) is 30.1 Å². The maximum Gasteiger partial charge on any atom is 0.191 e. The summed E-state index contributed by atoms with van der Waals surface area (Å²) >= 11 is 0. The number of aromatic nitrogens is 3. The highest BCUT2D eigenvalue weighted by Crippen LogP contribution is 2.26. The van der Waals surface area contributed by atoms with Crippen LogP contribution < -0.4 is 10.6 Å². The highest BCUT2D eigenvalue weighted by Gasteiger charge is 2.30. The molecule has 2 fully saturated rings. The number of hydrogen-bond donors (Lipinski definition) is 2. The number of aliphatic imine (C=N–C) groups is 1. The first-order chi connectivity index (χ1) is 14.2. The van der Waals surface area contributed by atoms with Gasteiger partial charge in [0.2, 0.25) is 0 Å². The van der Waals surface area contributed by atoms with Crippen LogP contribution in [0.1, 0.15) is 50.4 Å². The number of guanidine groups is 1. The molecule has 2 aromatic rings. The van der Waals surface area contributed by atoms with Gasteiger partial charge >= 0.3 is 0 Å². The molecule has 1 unspecified atom stereocenters. The Morgan fingerprint density at radius 3 is 2.76 bits per heavy atom. The van der Waals surface area contributed by atoms with E-state index in [4.69, 9.17) is 4.99 Å². The summed E-state index contributed by atoms with van der Waals surface area (Å²) in [6.07, 6.45) is 12.4. The van der Waals surface area contributed by atoms with E-state index in [1.807, 2.05) is 30.0 Å². The fourth-order valence-corrected chi connectivity index (χ4v) is 4.46. The third-order valence-electron chi connectivity index (χ3n) is 6.05. The van der Waals surface area contributed by atoms with Crippen molar-refractivity contribution >= 4 is 5.96 Å². The Kier molecular flexibility index (Phi) is 6.44. The summed E-state index contributed by atoms with van der Waals surface area (Å²) in [5.41, 5.74) is 1.10. The minimum atomic E-state index is 0.484. The van der Waals surface area contributed by atoms with Crippen molar-refractivity contribution < 1.29 is 0 Å². The molecule has 1 saturated heterocycles. The van der Waals surface area contributed by atoms with E-state index < -0.39 is 0 Å². The minimum absolute atomic E-state index is 0.484. The van der Waals surface area contributed by atoms with Crippen LogP contribution in [0, 0.1) is 6.92 Å². The molecule has 1 aliphatic carbocycles. The molecule has 7 heteroatoms. The van der Waals surface area contributed by atoms with Gasteiger partial charge in [0.25, 0.3) is 0 Å². The van der Waals surface area contributed by atoms with Crippen molar-refractivity contribution in [3.05, 3.63) is 42.1 Å². The lowest BCUT2D eigenvalue weighted by Crippen LogP contribution is -2.45. The molecule has 3 heterocycles. The van der Waals surface area contributed by atoms with Gasteiger partial charge in [0.1, 0.15) is 11.6 Å². The predicted octanol–water partition coefficient (Wildman–Crippen LogP) is 2.65. The third kappa shape index (κ3) is 4.96. The summed E-state index contributed by atoms with van der Waals surface area (Å²) in [4.78, 5) is 16.3. The molecule has 0 amide bonds. The number of nitrogens with zero attached hydrogens (tertiary/aromatic N) is 5. The van der Waals surface area contributed by atoms with Gasteiger partial charge in [-0.3, -0.25) is 9.47 Å². The molecule has 29 heavy (non-hydrogen) atoms. The van der Waals surface area contributed by atoms with Crippen molar-refractivity contribution in [2.24, 2.45) is 4.99 Å². The zero-order valence-electron chi connectivity index (χ0n) is 17.6. The molecular formula is C22H33N7. The Balaban J connectivity index is 1.34. The van der Waals surface area contributed by atoms with Crippen LogP contribution in [0.2, 0.25) is 0 Å². The van der Waals surface area contributed by atoms with Crippen molar-refractivity contribution in [3.8, 4) is 5.82 Å². The van der Waals surface area contributed by atoms with E-state index in [-0.39, 0.29) is 0 Å². The molecule has 1 atom stereocenters. The molecule has 0 spiro atoms. The van der Waals surface area contributed by atoms with Gasteiger partial charge in [-0.1, -0.05) is 18.9 Å². The molecule has 1 saturated carbocycles. The standard InChI is InChI=1S/C22H33N7/c1-3-23-22(27-19-10-12-28(16-19)20-6-4-5-7-20)26-15-18-8-9-21(25-14-18)29-13-11-24-17(29)2/h8-9,11,13-14,19-20H,3-7,10,12,15-16H2,1-2H3,(H2,23,26,27). The van der Waals surface area contributed by atoms with E-state index in [0.717, 1.165) is 42.3 Å². The molecule has 7 nitrogen and oxygen atoms in total. The van der Waals surface area contributed by atoms with Crippen molar-refractivity contribution in [1.29, 1.82) is 0 Å². The smallest absolute Gasteiger partial charge is 0.191 e. The maximum atomic E-state index is 4.80. The van der Waals surface area contributed by atoms with Crippen LogP contribution in [0.5, 0.6) is 0 Å². The van der Waals surface area contributed by atoms with Crippen molar-refractivity contribution in [2.45, 2.75) is 64.6 Å². The van der Waals surface area contributed by atoms with E-state index in [9.17, 15) is 0 Å². The lowest BCUT2D eigenvalue weighted by molar-refractivity contribution is 0.242. The molecule has 2 aromatic heterocycles. The Labute approximate surface area is 173 Å². The predicted molar refractivity (Wildman–Crippen MR) is 116 cm³/mol. The van der Waals surface area contributed by atoms with Gasteiger partial charge in [0.15, 0.2) is 5.96 Å². The topological polar surface area (TPSA) is 70.4 Å². The average Bonchev–Trinajstić information content (AvgIpc) is 3.48. The molecule has 0 bridgehead atoms. The monoisotopic (exact) mass is 395 g/mol. The van der Waals surface area contributed by atoms with Crippen molar-refractivity contribution in [2.75, 3.05) is 19.6 Å². The van der Waals surface area contributed by atoms with E-state index in [1.165, 1.54) is 38.6 Å². The first kappa shape index (κ1) is 19.9. The molecule has 2 aliphatic rings. The molecular weight excluding hydrogens is 362 g/mol. The quantitative estimate of drug-likeness (QED) is 0.581. The largest absolute Gasteiger partial charge is 0.357 e. The van der Waals surface area contributed by atoms with E-state index >= 15 is 0 Å². The SMILES string of the molecule is CCNC(=NCc1ccc(-n2ccnc2C)nc1)NC1CCN(C2CCCC2)C1. The Bertz CT molecular complexity index is 805. The average molecular weight is 396 g/mol. The van der Waals surface area contributed by atoms with Gasteiger partial charge < -0.3 is 10.6 Å². The van der Waals surface area contributed by atoms with Crippen LogP contribution in [0.3, 0.4) is 0 Å². The van der Waals surface area contributed by atoms with Gasteiger partial charge in [-0.25, -0.2) is 15.0 Å². The summed E-state index contributed by atoms with van der Waals surface area (Å²) in [7, 11) is 0. The highest BCUT2D eigenvalue weighted by molar-refractivity contribution is 5.80. The molecule has 4 rings (SSSR count). The van der Waals surface area contributed by atoms with Crippen LogP contribution in [0.4, 0.5) is 0 Å². The summed E-state index contributed by atoms with van der Waals surface area (Å²) < 4.78 is 1.98. The molecule has 1 aliphatic heterocycles. The van der Waals surface area contributed by atoms with Crippen LogP contribution in [0.15, 0.2) is 35.7 Å². The fourth-order valence-electron chi connectivity index (χ4n) is 4.46. The maximum absolute atomic E-state index is 4.80. The molecule has 2 N–H and O–H groups in total. The third-order valence-corrected chi connectivity index (χ3v) is 6.05. The normalized spacial score (nSPS) is 21.0. The second-order valence-corrected chi connectivity index (χ2v) is 8.13. The van der Waals surface area contributed by atoms with E-state index in [1.54, 1.807) is 6.20 Å². The first-order valence-corrected chi connectivity index (χ1v) is 11.0. The van der Waals surface area contributed by atoms with Gasteiger partial charge in [0, 0.05) is 50.3 Å². The summed E-state index contributed by atoms with van der Waals surface area (Å²) in [6.45, 7) is 7.91. The van der Waals surface area contributed by atoms with E-state index in [2.05, 4.69) is 38.5 Å². The van der Waals surface area contributed by atoms with Crippen LogP contribution in [-0.4, -0.2) is 57.1 Å². The fraction of sp³-hybridized carbons (Fsp3) is 0.591. The van der Waals surface area contributed by atoms with E-state index in [0.29, 0.717) is 12.6 Å². The van der Waals surface area contributed by atoms with Gasteiger partial charge in [0.05, 0.1) is 6.54 Å². The number of imidazole rings is 1. The second kappa shape index (κ2) is 9.39. The summed E-state index contributed by atoms with van der Waals surface area (Å²) in [6, 6.07) is 5.41. The number of rotatable bonds is 6. The lowest BCUT2D eigenvalue weighted by atomic mass is 10.2. The van der Waals surface area contributed by atoms with Gasteiger partial charge in [-0.2, -0.15) is 0 Å². The van der Waals surface area contributed by atoms with Gasteiger partial charge in [-0.05, 0) is 44.7 Å². The van der Waals surface area contributed by atoms with Crippen LogP contribution in [-0.2, 0) is 6.54 Å². The molecule has 0 radical (unpaired) electrons. The minimum Gasteiger partial charge on any atom is -0.357 e.